The fraction of sp³-hybridized carbons (Fsp3) is 0.611. The fourth-order valence-electron chi connectivity index (χ4n) is 3.08. The average molecular weight is 320 g/mol. The first kappa shape index (κ1) is 17.8. The van der Waals surface area contributed by atoms with Crippen LogP contribution in [0.25, 0.3) is 0 Å². The van der Waals surface area contributed by atoms with Gasteiger partial charge in [-0.15, -0.1) is 0 Å². The van der Waals surface area contributed by atoms with Crippen molar-refractivity contribution in [2.45, 2.75) is 45.3 Å². The van der Waals surface area contributed by atoms with Crippen molar-refractivity contribution >= 4 is 6.09 Å². The lowest BCUT2D eigenvalue weighted by Crippen LogP contribution is -2.40. The number of fused-ring (bicyclic) bond motifs is 1. The van der Waals surface area contributed by atoms with E-state index in [1.165, 1.54) is 11.1 Å². The predicted molar refractivity (Wildman–Crippen MR) is 90.4 cm³/mol. The Bertz CT molecular complexity index is 525. The number of aliphatic hydroxyl groups excluding tert-OH is 1. The molecule has 0 aliphatic heterocycles. The van der Waals surface area contributed by atoms with Crippen LogP contribution in [0.1, 0.15) is 44.4 Å². The number of alkyl carbamates (subject to hydrolysis) is 1. The Morgan fingerprint density at radius 1 is 1.35 bits per heavy atom. The first-order valence-electron chi connectivity index (χ1n) is 8.30. The highest BCUT2D eigenvalue weighted by Gasteiger charge is 2.27. The van der Waals surface area contributed by atoms with E-state index in [2.05, 4.69) is 34.5 Å². The lowest BCUT2D eigenvalue weighted by molar-refractivity contribution is 0.0516. The molecule has 1 aromatic carbocycles. The van der Waals surface area contributed by atoms with E-state index in [-0.39, 0.29) is 6.61 Å². The monoisotopic (exact) mass is 320 g/mol. The van der Waals surface area contributed by atoms with Gasteiger partial charge in [-0.25, -0.2) is 4.79 Å². The highest BCUT2D eigenvalue weighted by molar-refractivity contribution is 5.67. The summed E-state index contributed by atoms with van der Waals surface area (Å²) in [5.41, 5.74) is 2.25. The number of benzene rings is 1. The molecular weight excluding hydrogens is 292 g/mol. The summed E-state index contributed by atoms with van der Waals surface area (Å²) < 4.78 is 5.24. The minimum Gasteiger partial charge on any atom is -0.444 e. The number of carbonyl (C=O) groups is 1. The van der Waals surface area contributed by atoms with Crippen molar-refractivity contribution in [1.82, 2.24) is 10.2 Å². The zero-order valence-corrected chi connectivity index (χ0v) is 14.3. The highest BCUT2D eigenvalue weighted by atomic mass is 16.6. The molecule has 5 heteroatoms. The summed E-state index contributed by atoms with van der Waals surface area (Å²) in [6, 6.07) is 8.79. The molecule has 23 heavy (non-hydrogen) atoms. The number of nitrogens with zero attached hydrogens (tertiary/aromatic N) is 1. The molecule has 2 rings (SSSR count). The van der Waals surface area contributed by atoms with E-state index < -0.39 is 11.7 Å². The van der Waals surface area contributed by atoms with Crippen LogP contribution in [0.5, 0.6) is 0 Å². The third kappa shape index (κ3) is 5.22. The molecule has 1 aromatic rings. The van der Waals surface area contributed by atoms with E-state index in [4.69, 9.17) is 4.74 Å². The van der Waals surface area contributed by atoms with Crippen LogP contribution < -0.4 is 5.32 Å². The predicted octanol–water partition coefficient (Wildman–Crippen LogP) is 2.49. The summed E-state index contributed by atoms with van der Waals surface area (Å²) in [7, 11) is 0. The first-order valence-corrected chi connectivity index (χ1v) is 8.30. The van der Waals surface area contributed by atoms with Crippen LogP contribution in [-0.2, 0) is 11.2 Å². The van der Waals surface area contributed by atoms with Crippen molar-refractivity contribution in [2.75, 3.05) is 26.2 Å². The zero-order valence-electron chi connectivity index (χ0n) is 14.3. The van der Waals surface area contributed by atoms with Crippen molar-refractivity contribution in [2.24, 2.45) is 0 Å². The van der Waals surface area contributed by atoms with E-state index >= 15 is 0 Å². The Morgan fingerprint density at radius 3 is 2.78 bits per heavy atom. The van der Waals surface area contributed by atoms with Crippen LogP contribution in [0.15, 0.2) is 24.3 Å². The van der Waals surface area contributed by atoms with Gasteiger partial charge >= 0.3 is 6.09 Å². The molecule has 1 atom stereocenters. The summed E-state index contributed by atoms with van der Waals surface area (Å²) in [4.78, 5) is 14.0. The molecule has 128 valence electrons. The number of aryl methyl sites for hydroxylation is 1. The molecule has 0 bridgehead atoms. The molecule has 0 spiro atoms. The molecule has 0 saturated carbocycles. The lowest BCUT2D eigenvalue weighted by Gasteiger charge is -2.29. The number of hydrogen-bond donors (Lipinski definition) is 2. The van der Waals surface area contributed by atoms with Crippen LogP contribution >= 0.6 is 0 Å². The smallest absolute Gasteiger partial charge is 0.407 e. The molecule has 0 saturated heterocycles. The molecule has 0 heterocycles. The van der Waals surface area contributed by atoms with E-state index in [9.17, 15) is 9.90 Å². The van der Waals surface area contributed by atoms with Gasteiger partial charge in [-0.2, -0.15) is 0 Å². The second-order valence-electron chi connectivity index (χ2n) is 6.94. The topological polar surface area (TPSA) is 61.8 Å². The van der Waals surface area contributed by atoms with Gasteiger partial charge in [-0.05, 0) is 44.7 Å². The molecule has 2 N–H and O–H groups in total. The lowest BCUT2D eigenvalue weighted by atomic mass is 10.1. The molecule has 1 unspecified atom stereocenters. The summed E-state index contributed by atoms with van der Waals surface area (Å²) >= 11 is 0. The van der Waals surface area contributed by atoms with Crippen LogP contribution in [0.2, 0.25) is 0 Å². The van der Waals surface area contributed by atoms with Crippen molar-refractivity contribution in [3.63, 3.8) is 0 Å². The van der Waals surface area contributed by atoms with E-state index in [0.717, 1.165) is 12.8 Å². The third-order valence-corrected chi connectivity index (χ3v) is 4.00. The van der Waals surface area contributed by atoms with Crippen molar-refractivity contribution < 1.29 is 14.6 Å². The SMILES string of the molecule is CC(C)(C)OC(=O)NCCN(CCO)C1CCc2ccccc21. The van der Waals surface area contributed by atoms with Gasteiger partial charge in [0.2, 0.25) is 0 Å². The van der Waals surface area contributed by atoms with Gasteiger partial charge < -0.3 is 15.2 Å². The van der Waals surface area contributed by atoms with Crippen molar-refractivity contribution in [3.8, 4) is 0 Å². The maximum absolute atomic E-state index is 11.7. The molecule has 0 aromatic heterocycles. The second-order valence-corrected chi connectivity index (χ2v) is 6.94. The number of aliphatic hydroxyl groups is 1. The van der Waals surface area contributed by atoms with Crippen LogP contribution in [0, 0.1) is 0 Å². The molecule has 1 aliphatic rings. The molecule has 0 radical (unpaired) electrons. The van der Waals surface area contributed by atoms with Gasteiger partial charge in [0, 0.05) is 25.7 Å². The van der Waals surface area contributed by atoms with Gasteiger partial charge in [-0.3, -0.25) is 4.90 Å². The maximum atomic E-state index is 11.7. The van der Waals surface area contributed by atoms with Gasteiger partial charge in [0.15, 0.2) is 0 Å². The van der Waals surface area contributed by atoms with Crippen LogP contribution in [-0.4, -0.2) is 47.9 Å². The van der Waals surface area contributed by atoms with Gasteiger partial charge in [-0.1, -0.05) is 24.3 Å². The number of ether oxygens (including phenoxy) is 1. The van der Waals surface area contributed by atoms with Crippen LogP contribution in [0.4, 0.5) is 4.79 Å². The van der Waals surface area contributed by atoms with Crippen molar-refractivity contribution in [3.05, 3.63) is 35.4 Å². The first-order chi connectivity index (χ1) is 10.9. The normalized spacial score (nSPS) is 17.2. The molecular formula is C18H28N2O3. The van der Waals surface area contributed by atoms with Crippen molar-refractivity contribution in [1.29, 1.82) is 0 Å². The standard InChI is InChI=1S/C18H28N2O3/c1-18(2,3)23-17(22)19-10-11-20(12-13-21)16-9-8-14-6-4-5-7-15(14)16/h4-7,16,21H,8-13H2,1-3H3,(H,19,22). The van der Waals surface area contributed by atoms with Gasteiger partial charge in [0.05, 0.1) is 6.61 Å². The van der Waals surface area contributed by atoms with E-state index in [1.807, 2.05) is 20.8 Å². The number of hydrogen-bond acceptors (Lipinski definition) is 4. The van der Waals surface area contributed by atoms with E-state index in [1.54, 1.807) is 0 Å². The molecule has 5 nitrogen and oxygen atoms in total. The summed E-state index contributed by atoms with van der Waals surface area (Å²) in [6.45, 7) is 7.47. The number of nitrogens with one attached hydrogen (secondary N) is 1. The Hall–Kier alpha value is -1.59. The summed E-state index contributed by atoms with van der Waals surface area (Å²) in [6.07, 6.45) is 1.74. The Balaban J connectivity index is 1.89. The maximum Gasteiger partial charge on any atom is 0.407 e. The van der Waals surface area contributed by atoms with E-state index in [0.29, 0.717) is 25.7 Å². The summed E-state index contributed by atoms with van der Waals surface area (Å²) in [5, 5.41) is 12.1. The number of carbonyl (C=O) groups excluding carboxylic acids is 1. The Kier molecular flexibility index (Phi) is 6.02. The molecule has 1 aliphatic carbocycles. The zero-order chi connectivity index (χ0) is 16.9. The number of rotatable bonds is 6. The average Bonchev–Trinajstić information content (AvgIpc) is 2.88. The Labute approximate surface area is 138 Å². The highest BCUT2D eigenvalue weighted by Crippen LogP contribution is 2.35. The quantitative estimate of drug-likeness (QED) is 0.845. The minimum absolute atomic E-state index is 0.116. The summed E-state index contributed by atoms with van der Waals surface area (Å²) in [5.74, 6) is 0. The van der Waals surface area contributed by atoms with Gasteiger partial charge in [0.25, 0.3) is 0 Å². The third-order valence-electron chi connectivity index (χ3n) is 4.00. The molecule has 1 amide bonds. The second kappa shape index (κ2) is 7.79. The fourth-order valence-corrected chi connectivity index (χ4v) is 3.08. The molecule has 0 fully saturated rings. The van der Waals surface area contributed by atoms with Gasteiger partial charge in [0.1, 0.15) is 5.60 Å². The number of amides is 1. The minimum atomic E-state index is -0.487. The van der Waals surface area contributed by atoms with Crippen LogP contribution in [0.3, 0.4) is 0 Å². The largest absolute Gasteiger partial charge is 0.444 e. The Morgan fingerprint density at radius 2 is 2.09 bits per heavy atom.